The quantitative estimate of drug-likeness (QED) is 0.782. The maximum absolute atomic E-state index is 12.8. The Bertz CT molecular complexity index is 1000. The molecule has 0 radical (unpaired) electrons. The first-order valence-electron chi connectivity index (χ1n) is 9.96. The van der Waals surface area contributed by atoms with E-state index in [0.29, 0.717) is 36.5 Å². The monoisotopic (exact) mass is 415 g/mol. The van der Waals surface area contributed by atoms with Gasteiger partial charge >= 0.3 is 0 Å². The van der Waals surface area contributed by atoms with Gasteiger partial charge in [-0.25, -0.2) is 18.4 Å². The minimum atomic E-state index is -3.50. The van der Waals surface area contributed by atoms with Crippen molar-refractivity contribution in [3.05, 3.63) is 47.3 Å². The van der Waals surface area contributed by atoms with Crippen LogP contribution in [-0.2, 0) is 22.9 Å². The molecule has 1 aromatic heterocycles. The lowest BCUT2D eigenvalue weighted by molar-refractivity contribution is 0.0917. The van der Waals surface area contributed by atoms with Gasteiger partial charge < -0.3 is 11.1 Å². The number of carbonyl (C=O) groups excluding carboxylic acids is 1. The Labute approximate surface area is 170 Å². The van der Waals surface area contributed by atoms with E-state index in [0.717, 1.165) is 36.9 Å². The lowest BCUT2D eigenvalue weighted by Gasteiger charge is -2.31. The first-order valence-corrected chi connectivity index (χ1v) is 11.4. The molecule has 9 heteroatoms. The molecular weight excluding hydrogens is 390 g/mol. The number of aryl methyl sites for hydroxylation is 1. The second-order valence-corrected chi connectivity index (χ2v) is 9.47. The highest BCUT2D eigenvalue weighted by Gasteiger charge is 2.31. The van der Waals surface area contributed by atoms with Crippen molar-refractivity contribution >= 4 is 21.9 Å². The van der Waals surface area contributed by atoms with Crippen molar-refractivity contribution in [2.75, 3.05) is 18.8 Å². The number of sulfonamides is 1. The summed E-state index contributed by atoms with van der Waals surface area (Å²) < 4.78 is 27.0. The molecule has 1 aromatic carbocycles. The van der Waals surface area contributed by atoms with E-state index in [2.05, 4.69) is 15.3 Å². The van der Waals surface area contributed by atoms with Gasteiger partial charge in [0.1, 0.15) is 5.69 Å². The molecule has 1 aliphatic heterocycles. The fraction of sp³-hybridized carbons (Fsp3) is 0.450. The number of anilines is 1. The number of aromatic nitrogens is 2. The third kappa shape index (κ3) is 4.11. The highest BCUT2D eigenvalue weighted by atomic mass is 32.2. The number of hydrogen-bond acceptors (Lipinski definition) is 6. The van der Waals surface area contributed by atoms with Crippen molar-refractivity contribution in [1.82, 2.24) is 19.6 Å². The van der Waals surface area contributed by atoms with E-state index in [9.17, 15) is 13.2 Å². The van der Waals surface area contributed by atoms with Crippen LogP contribution < -0.4 is 11.1 Å². The first-order chi connectivity index (χ1) is 13.9. The van der Waals surface area contributed by atoms with E-state index in [1.807, 2.05) is 0 Å². The van der Waals surface area contributed by atoms with Crippen LogP contribution in [-0.4, -0.2) is 47.7 Å². The number of piperidine rings is 1. The standard InChI is InChI=1S/C20H25N5O3S/c21-20-23-17-9-5-4-8-16(17)18(24-20)19(26)22-14-10-12-25(13-11-14)29(27,28)15-6-2-1-3-7-15/h1-3,6-7,14H,4-5,8-13H2,(H,22,26)(H2,21,23,24). The summed E-state index contributed by atoms with van der Waals surface area (Å²) in [4.78, 5) is 21.6. The van der Waals surface area contributed by atoms with Gasteiger partial charge in [-0.15, -0.1) is 0 Å². The van der Waals surface area contributed by atoms with Crippen LogP contribution in [0.1, 0.15) is 47.4 Å². The van der Waals surface area contributed by atoms with Gasteiger partial charge in [0.2, 0.25) is 16.0 Å². The number of nitrogens with one attached hydrogen (secondary N) is 1. The number of amides is 1. The van der Waals surface area contributed by atoms with E-state index in [4.69, 9.17) is 5.73 Å². The van der Waals surface area contributed by atoms with Gasteiger partial charge in [-0.3, -0.25) is 4.79 Å². The molecule has 0 unspecified atom stereocenters. The van der Waals surface area contributed by atoms with E-state index >= 15 is 0 Å². The van der Waals surface area contributed by atoms with Crippen LogP contribution in [0.4, 0.5) is 5.95 Å². The lowest BCUT2D eigenvalue weighted by Crippen LogP contribution is -2.46. The molecular formula is C20H25N5O3S. The number of fused-ring (bicyclic) bond motifs is 1. The molecule has 0 saturated carbocycles. The van der Waals surface area contributed by atoms with Crippen LogP contribution >= 0.6 is 0 Å². The van der Waals surface area contributed by atoms with Gasteiger partial charge in [0.15, 0.2) is 0 Å². The highest BCUT2D eigenvalue weighted by Crippen LogP contribution is 2.24. The van der Waals surface area contributed by atoms with E-state index in [1.165, 1.54) is 4.31 Å². The number of nitrogens with zero attached hydrogens (tertiary/aromatic N) is 3. The van der Waals surface area contributed by atoms with E-state index < -0.39 is 10.0 Å². The summed E-state index contributed by atoms with van der Waals surface area (Å²) >= 11 is 0. The normalized spacial score (nSPS) is 18.2. The maximum Gasteiger partial charge on any atom is 0.270 e. The third-order valence-corrected chi connectivity index (χ3v) is 7.50. The van der Waals surface area contributed by atoms with Crippen molar-refractivity contribution in [3.8, 4) is 0 Å². The molecule has 2 heterocycles. The number of nitrogens with two attached hydrogens (primary N) is 1. The second kappa shape index (κ2) is 8.08. The Morgan fingerprint density at radius 2 is 1.76 bits per heavy atom. The molecule has 1 fully saturated rings. The van der Waals surface area contributed by atoms with Gasteiger partial charge in [-0.2, -0.15) is 4.31 Å². The molecule has 1 aliphatic carbocycles. The zero-order valence-corrected chi connectivity index (χ0v) is 17.0. The molecule has 2 aromatic rings. The zero-order chi connectivity index (χ0) is 20.4. The summed E-state index contributed by atoms with van der Waals surface area (Å²) in [7, 11) is -3.50. The molecule has 0 bridgehead atoms. The molecule has 0 spiro atoms. The van der Waals surface area contributed by atoms with E-state index in [1.54, 1.807) is 30.3 Å². The summed E-state index contributed by atoms with van der Waals surface area (Å²) in [5, 5.41) is 3.02. The summed E-state index contributed by atoms with van der Waals surface area (Å²) in [5.74, 6) is -0.124. The zero-order valence-electron chi connectivity index (χ0n) is 16.2. The number of benzene rings is 1. The smallest absolute Gasteiger partial charge is 0.270 e. The first kappa shape index (κ1) is 19.8. The molecule has 154 valence electrons. The topological polar surface area (TPSA) is 118 Å². The number of rotatable bonds is 4. The van der Waals surface area contributed by atoms with Gasteiger partial charge in [0.25, 0.3) is 5.91 Å². The van der Waals surface area contributed by atoms with Crippen LogP contribution in [0.5, 0.6) is 0 Å². The highest BCUT2D eigenvalue weighted by molar-refractivity contribution is 7.89. The van der Waals surface area contributed by atoms with Crippen molar-refractivity contribution in [2.45, 2.75) is 49.5 Å². The van der Waals surface area contributed by atoms with Crippen molar-refractivity contribution in [1.29, 1.82) is 0 Å². The van der Waals surface area contributed by atoms with Crippen LogP contribution in [0, 0.1) is 0 Å². The summed E-state index contributed by atoms with van der Waals surface area (Å²) in [6.07, 6.45) is 4.76. The fourth-order valence-electron chi connectivity index (χ4n) is 4.04. The van der Waals surface area contributed by atoms with Crippen LogP contribution in [0.3, 0.4) is 0 Å². The Kier molecular flexibility index (Phi) is 5.51. The van der Waals surface area contributed by atoms with Crippen LogP contribution in [0.15, 0.2) is 35.2 Å². The van der Waals surface area contributed by atoms with Crippen molar-refractivity contribution < 1.29 is 13.2 Å². The summed E-state index contributed by atoms with van der Waals surface area (Å²) in [6, 6.07) is 8.33. The Morgan fingerprint density at radius 1 is 1.07 bits per heavy atom. The SMILES string of the molecule is Nc1nc2c(c(C(=O)NC3CCN(S(=O)(=O)c4ccccc4)CC3)n1)CCCC2. The molecule has 1 amide bonds. The number of carbonyl (C=O) groups is 1. The Balaban J connectivity index is 1.42. The molecule has 2 aliphatic rings. The predicted molar refractivity (Wildman–Crippen MR) is 109 cm³/mol. The number of hydrogen-bond donors (Lipinski definition) is 2. The van der Waals surface area contributed by atoms with Gasteiger partial charge in [0, 0.05) is 30.4 Å². The van der Waals surface area contributed by atoms with E-state index in [-0.39, 0.29) is 17.9 Å². The minimum Gasteiger partial charge on any atom is -0.368 e. The largest absolute Gasteiger partial charge is 0.368 e. The molecule has 0 atom stereocenters. The van der Waals surface area contributed by atoms with Crippen molar-refractivity contribution in [3.63, 3.8) is 0 Å². The minimum absolute atomic E-state index is 0.0971. The maximum atomic E-state index is 12.8. The third-order valence-electron chi connectivity index (χ3n) is 5.59. The van der Waals surface area contributed by atoms with Gasteiger partial charge in [-0.1, -0.05) is 18.2 Å². The molecule has 29 heavy (non-hydrogen) atoms. The molecule has 3 N–H and O–H groups in total. The predicted octanol–water partition coefficient (Wildman–Crippen LogP) is 1.52. The van der Waals surface area contributed by atoms with Gasteiger partial charge in [-0.05, 0) is 50.7 Å². The average molecular weight is 416 g/mol. The fourth-order valence-corrected chi connectivity index (χ4v) is 5.53. The molecule has 4 rings (SSSR count). The summed E-state index contributed by atoms with van der Waals surface area (Å²) in [5.41, 5.74) is 7.93. The van der Waals surface area contributed by atoms with Crippen LogP contribution in [0.25, 0.3) is 0 Å². The van der Waals surface area contributed by atoms with Crippen LogP contribution in [0.2, 0.25) is 0 Å². The van der Waals surface area contributed by atoms with Gasteiger partial charge in [0.05, 0.1) is 4.90 Å². The lowest BCUT2D eigenvalue weighted by atomic mass is 9.94. The van der Waals surface area contributed by atoms with Crippen molar-refractivity contribution in [2.24, 2.45) is 0 Å². The Morgan fingerprint density at radius 3 is 2.48 bits per heavy atom. The Hall–Kier alpha value is -2.52. The average Bonchev–Trinajstić information content (AvgIpc) is 2.74. The molecule has 8 nitrogen and oxygen atoms in total. The number of nitrogen functional groups attached to an aromatic ring is 1. The summed E-state index contributed by atoms with van der Waals surface area (Å²) in [6.45, 7) is 0.735. The second-order valence-electron chi connectivity index (χ2n) is 7.53. The molecule has 1 saturated heterocycles.